The Hall–Kier alpha value is -4.35. The van der Waals surface area contributed by atoms with Gasteiger partial charge in [0.15, 0.2) is 0 Å². The van der Waals surface area contributed by atoms with Crippen LogP contribution in [0.15, 0.2) is 109 Å². The van der Waals surface area contributed by atoms with Crippen LogP contribution in [0.1, 0.15) is 35.5 Å². The highest BCUT2D eigenvalue weighted by atomic mass is 32.2. The summed E-state index contributed by atoms with van der Waals surface area (Å²) in [6.45, 7) is 3.08. The number of hydrogen-bond acceptors (Lipinski definition) is 7. The minimum Gasteiger partial charge on any atom is -0.382 e. The summed E-state index contributed by atoms with van der Waals surface area (Å²) in [5, 5.41) is 3.48. The fraction of sp³-hybridized carbons (Fsp3) is 0.138. The number of amides is 2. The van der Waals surface area contributed by atoms with Crippen molar-refractivity contribution in [3.63, 3.8) is 0 Å². The zero-order valence-corrected chi connectivity index (χ0v) is 23.4. The molecule has 4 aromatic rings. The van der Waals surface area contributed by atoms with Crippen LogP contribution in [0.2, 0.25) is 0 Å². The average molecular weight is 581 g/mol. The molecule has 0 saturated carbocycles. The molecule has 0 aliphatic rings. The first kappa shape index (κ1) is 28.7. The van der Waals surface area contributed by atoms with Crippen molar-refractivity contribution < 1.29 is 30.0 Å². The van der Waals surface area contributed by atoms with Crippen molar-refractivity contribution in [1.29, 1.82) is 0 Å². The normalized spacial score (nSPS) is 13.1. The fourth-order valence-electron chi connectivity index (χ4n) is 3.71. The van der Waals surface area contributed by atoms with Gasteiger partial charge in [0, 0.05) is 17.4 Å². The van der Waals surface area contributed by atoms with Gasteiger partial charge < -0.3 is 19.0 Å². The summed E-state index contributed by atoms with van der Waals surface area (Å²) in [5.74, 6) is 0.151. The minimum atomic E-state index is -3.98. The Morgan fingerprint density at radius 2 is 1.05 bits per heavy atom. The monoisotopic (exact) mass is 580 g/mol. The molecule has 0 bridgehead atoms. The van der Waals surface area contributed by atoms with E-state index in [1.165, 1.54) is 43.3 Å². The van der Waals surface area contributed by atoms with E-state index in [4.69, 9.17) is 8.37 Å². The summed E-state index contributed by atoms with van der Waals surface area (Å²) < 4.78 is 61.3. The van der Waals surface area contributed by atoms with Gasteiger partial charge in [-0.25, -0.2) is 4.79 Å². The summed E-state index contributed by atoms with van der Waals surface area (Å²) in [6, 6.07) is 28.7. The Kier molecular flexibility index (Phi) is 8.76. The van der Waals surface area contributed by atoms with E-state index >= 15 is 0 Å². The number of nitrogens with one attached hydrogen (secondary N) is 2. The van der Waals surface area contributed by atoms with Crippen molar-refractivity contribution in [2.45, 2.75) is 24.3 Å². The summed E-state index contributed by atoms with van der Waals surface area (Å²) in [7, 11) is -7.92. The molecule has 9 nitrogen and oxygen atoms in total. The number of carbonyl (C=O) groups is 1. The third-order valence-corrected chi connectivity index (χ3v) is 9.16. The molecule has 0 radical (unpaired) electrons. The second-order valence-electron chi connectivity index (χ2n) is 8.89. The highest BCUT2D eigenvalue weighted by Gasteiger charge is 2.26. The van der Waals surface area contributed by atoms with E-state index in [1.54, 1.807) is 79.7 Å². The first-order valence-corrected chi connectivity index (χ1v) is 15.2. The number of benzene rings is 4. The molecule has 2 amide bonds. The maximum Gasteiger partial charge on any atom is 0.323 e. The molecule has 0 aromatic heterocycles. The molecule has 4 aromatic carbocycles. The second kappa shape index (κ2) is 12.2. The van der Waals surface area contributed by atoms with Gasteiger partial charge in [-0.1, -0.05) is 66.7 Å². The zero-order chi connectivity index (χ0) is 28.8. The van der Waals surface area contributed by atoms with Crippen molar-refractivity contribution in [2.24, 2.45) is 0 Å². The van der Waals surface area contributed by atoms with Crippen LogP contribution < -0.4 is 19.0 Å². The van der Waals surface area contributed by atoms with Crippen molar-refractivity contribution in [3.05, 3.63) is 120 Å². The van der Waals surface area contributed by atoms with Crippen LogP contribution in [0.3, 0.4) is 0 Å². The van der Waals surface area contributed by atoms with Crippen LogP contribution in [0, 0.1) is 0 Å². The first-order valence-electron chi connectivity index (χ1n) is 12.3. The number of carbonyl (C=O) groups excluding carboxylic acids is 1. The predicted molar refractivity (Wildman–Crippen MR) is 154 cm³/mol. The van der Waals surface area contributed by atoms with Crippen LogP contribution in [0.25, 0.3) is 0 Å². The van der Waals surface area contributed by atoms with E-state index in [9.17, 15) is 21.6 Å². The fourth-order valence-corrected chi connectivity index (χ4v) is 5.73. The van der Waals surface area contributed by atoms with Crippen molar-refractivity contribution >= 4 is 37.6 Å². The predicted octanol–water partition coefficient (Wildman–Crippen LogP) is 6.27. The molecular formula is C29H28N2O7S2. The molecule has 0 spiro atoms. The molecule has 11 heteroatoms. The van der Waals surface area contributed by atoms with E-state index in [0.29, 0.717) is 22.5 Å². The van der Waals surface area contributed by atoms with Crippen LogP contribution in [-0.2, 0) is 20.2 Å². The quantitative estimate of drug-likeness (QED) is 0.212. The lowest BCUT2D eigenvalue weighted by Crippen LogP contribution is -2.20. The molecule has 0 aliphatic heterocycles. The van der Waals surface area contributed by atoms with Crippen molar-refractivity contribution in [1.82, 2.24) is 0 Å². The molecule has 2 atom stereocenters. The Labute approximate surface area is 234 Å². The number of anilines is 2. The lowest BCUT2D eigenvalue weighted by Gasteiger charge is -2.15. The standard InChI is InChI=1S/C29H28N2O7S2/c1-21(23-10-5-3-6-11-23)39(33,34)37-27-18-16-25(17-19-27)30-29(32)31-26-14-9-15-28(20-26)38-40(35,36)22(2)24-12-7-4-8-13-24/h3-22H,1-2H3,(H2,30,31,32). The number of rotatable bonds is 10. The van der Waals surface area contributed by atoms with Gasteiger partial charge in [-0.3, -0.25) is 0 Å². The second-order valence-corrected chi connectivity index (χ2v) is 12.6. The van der Waals surface area contributed by atoms with Gasteiger partial charge in [0.2, 0.25) is 0 Å². The van der Waals surface area contributed by atoms with E-state index in [-0.39, 0.29) is 11.5 Å². The van der Waals surface area contributed by atoms with Gasteiger partial charge in [0.1, 0.15) is 22.0 Å². The minimum absolute atomic E-state index is 0.0491. The van der Waals surface area contributed by atoms with Crippen LogP contribution in [0.4, 0.5) is 16.2 Å². The number of hydrogen-bond donors (Lipinski definition) is 2. The summed E-state index contributed by atoms with van der Waals surface area (Å²) >= 11 is 0. The van der Waals surface area contributed by atoms with Gasteiger partial charge in [-0.15, -0.1) is 0 Å². The van der Waals surface area contributed by atoms with Gasteiger partial charge in [-0.2, -0.15) is 16.8 Å². The lowest BCUT2D eigenvalue weighted by atomic mass is 10.2. The Morgan fingerprint density at radius 1 is 0.575 bits per heavy atom. The molecule has 40 heavy (non-hydrogen) atoms. The average Bonchev–Trinajstić information content (AvgIpc) is 2.94. The van der Waals surface area contributed by atoms with Gasteiger partial charge in [0.25, 0.3) is 0 Å². The summed E-state index contributed by atoms with van der Waals surface area (Å²) in [4.78, 5) is 12.5. The highest BCUT2D eigenvalue weighted by Crippen LogP contribution is 2.28. The Bertz CT molecular complexity index is 1660. The van der Waals surface area contributed by atoms with Gasteiger partial charge in [-0.05, 0) is 61.4 Å². The molecule has 208 valence electrons. The van der Waals surface area contributed by atoms with E-state index < -0.39 is 36.8 Å². The van der Waals surface area contributed by atoms with Gasteiger partial charge >= 0.3 is 26.3 Å². The van der Waals surface area contributed by atoms with Crippen LogP contribution in [0.5, 0.6) is 11.5 Å². The SMILES string of the molecule is CC(c1ccccc1)S(=O)(=O)Oc1ccc(NC(=O)Nc2cccc(OS(=O)(=O)C(C)c3ccccc3)c2)cc1. The Morgan fingerprint density at radius 3 is 1.57 bits per heavy atom. The maximum atomic E-state index is 12.7. The largest absolute Gasteiger partial charge is 0.382 e. The van der Waals surface area contributed by atoms with Crippen molar-refractivity contribution in [2.75, 3.05) is 10.6 Å². The molecule has 0 fully saturated rings. The number of urea groups is 1. The molecule has 2 unspecified atom stereocenters. The maximum absolute atomic E-state index is 12.7. The molecular weight excluding hydrogens is 552 g/mol. The molecule has 0 aliphatic carbocycles. The highest BCUT2D eigenvalue weighted by molar-refractivity contribution is 7.87. The lowest BCUT2D eigenvalue weighted by molar-refractivity contribution is 0.262. The molecule has 0 heterocycles. The third kappa shape index (κ3) is 7.39. The van der Waals surface area contributed by atoms with Gasteiger partial charge in [0.05, 0.1) is 0 Å². The molecule has 4 rings (SSSR count). The van der Waals surface area contributed by atoms with Crippen molar-refractivity contribution in [3.8, 4) is 11.5 Å². The third-order valence-electron chi connectivity index (χ3n) is 6.03. The first-order chi connectivity index (χ1) is 19.0. The van der Waals surface area contributed by atoms with E-state index in [0.717, 1.165) is 0 Å². The van der Waals surface area contributed by atoms with E-state index in [2.05, 4.69) is 10.6 Å². The topological polar surface area (TPSA) is 128 Å². The zero-order valence-electron chi connectivity index (χ0n) is 21.7. The van der Waals surface area contributed by atoms with Crippen LogP contribution in [-0.4, -0.2) is 22.9 Å². The smallest absolute Gasteiger partial charge is 0.323 e. The Balaban J connectivity index is 1.35. The summed E-state index contributed by atoms with van der Waals surface area (Å²) in [5.41, 5.74) is 1.88. The summed E-state index contributed by atoms with van der Waals surface area (Å²) in [6.07, 6.45) is 0. The van der Waals surface area contributed by atoms with E-state index in [1.807, 2.05) is 0 Å². The molecule has 0 saturated heterocycles. The molecule has 2 N–H and O–H groups in total. The van der Waals surface area contributed by atoms with Crippen LogP contribution >= 0.6 is 0 Å².